The van der Waals surface area contributed by atoms with Crippen LogP contribution in [0.2, 0.25) is 5.02 Å². The minimum atomic E-state index is -4.74. The first-order valence-corrected chi connectivity index (χ1v) is 12.4. The van der Waals surface area contributed by atoms with Gasteiger partial charge in [0.2, 0.25) is 17.5 Å². The zero-order valence-corrected chi connectivity index (χ0v) is 21.8. The number of rotatable bonds is 6. The monoisotopic (exact) mass is 601 g/mol. The Hall–Kier alpha value is -3.85. The standard InChI is InChI=1S/C25H19ClF7N7O/c1-12-6-18(21-35-23(39-38-21)25(31,32)33)36-37-19(12)9-40-5-4-13-7-16(24(28,29)30)22(34-20(13)10-40)41-11-14-2-3-15(26)8-17(14)27/h2-3,6-8H,4-5,9-11H2,1H3,(H,35,38,39). The van der Waals surface area contributed by atoms with Crippen LogP contribution >= 0.6 is 11.6 Å². The van der Waals surface area contributed by atoms with Crippen molar-refractivity contribution in [2.24, 2.45) is 0 Å². The fourth-order valence-electron chi connectivity index (χ4n) is 4.22. The lowest BCUT2D eigenvalue weighted by Gasteiger charge is -2.29. The van der Waals surface area contributed by atoms with E-state index in [0.29, 0.717) is 29.1 Å². The van der Waals surface area contributed by atoms with Crippen molar-refractivity contribution in [1.82, 2.24) is 35.3 Å². The van der Waals surface area contributed by atoms with Crippen molar-refractivity contribution in [3.8, 4) is 17.4 Å². The second-order valence-corrected chi connectivity index (χ2v) is 9.73. The molecule has 1 aromatic carbocycles. The number of pyridine rings is 1. The number of nitrogens with zero attached hydrogens (tertiary/aromatic N) is 6. The van der Waals surface area contributed by atoms with E-state index < -0.39 is 42.0 Å². The number of nitrogens with one attached hydrogen (secondary N) is 1. The molecule has 1 N–H and O–H groups in total. The van der Waals surface area contributed by atoms with Crippen molar-refractivity contribution in [3.63, 3.8) is 0 Å². The van der Waals surface area contributed by atoms with Gasteiger partial charge in [0.05, 0.1) is 11.4 Å². The van der Waals surface area contributed by atoms with Crippen LogP contribution in [-0.4, -0.2) is 41.8 Å². The lowest BCUT2D eigenvalue weighted by atomic mass is 10.0. The van der Waals surface area contributed by atoms with Crippen molar-refractivity contribution >= 4 is 11.6 Å². The first-order chi connectivity index (χ1) is 19.3. The highest BCUT2D eigenvalue weighted by molar-refractivity contribution is 6.30. The first kappa shape index (κ1) is 28.7. The molecule has 4 aromatic rings. The Bertz CT molecular complexity index is 1590. The highest BCUT2D eigenvalue weighted by Gasteiger charge is 2.38. The van der Waals surface area contributed by atoms with Gasteiger partial charge >= 0.3 is 12.4 Å². The molecule has 8 nitrogen and oxygen atoms in total. The number of H-pyrrole nitrogens is 1. The number of hydrogen-bond acceptors (Lipinski definition) is 7. The Morgan fingerprint density at radius 2 is 1.80 bits per heavy atom. The molecule has 16 heteroatoms. The van der Waals surface area contributed by atoms with Gasteiger partial charge in [-0.2, -0.15) is 36.5 Å². The maximum atomic E-state index is 14.1. The van der Waals surface area contributed by atoms with E-state index in [1.807, 2.05) is 10.00 Å². The fraction of sp³-hybridized carbons (Fsp3) is 0.320. The van der Waals surface area contributed by atoms with E-state index in [1.54, 1.807) is 6.92 Å². The fourth-order valence-corrected chi connectivity index (χ4v) is 4.38. The number of aryl methyl sites for hydroxylation is 1. The van der Waals surface area contributed by atoms with Gasteiger partial charge in [0.1, 0.15) is 23.7 Å². The summed E-state index contributed by atoms with van der Waals surface area (Å²) in [5.41, 5.74) is 0.874. The SMILES string of the molecule is Cc1cc(-c2n[nH]c(C(F)(F)F)n2)nnc1CN1CCc2cc(C(F)(F)F)c(OCc3ccc(Cl)cc3F)nc2C1. The van der Waals surface area contributed by atoms with Crippen LogP contribution in [0.4, 0.5) is 30.7 Å². The maximum absolute atomic E-state index is 14.1. The molecule has 0 amide bonds. The average Bonchev–Trinajstić information content (AvgIpc) is 3.39. The lowest BCUT2D eigenvalue weighted by molar-refractivity contribution is -0.144. The van der Waals surface area contributed by atoms with Gasteiger partial charge in [-0.05, 0) is 48.7 Å². The molecular formula is C25H19ClF7N7O. The normalized spacial score (nSPS) is 14.3. The second-order valence-electron chi connectivity index (χ2n) is 9.29. The topological polar surface area (TPSA) is 92.7 Å². The highest BCUT2D eigenvalue weighted by Crippen LogP contribution is 2.38. The van der Waals surface area contributed by atoms with Gasteiger partial charge in [-0.25, -0.2) is 14.4 Å². The molecule has 216 valence electrons. The molecule has 0 aliphatic carbocycles. The van der Waals surface area contributed by atoms with E-state index in [9.17, 15) is 30.7 Å². The van der Waals surface area contributed by atoms with Crippen LogP contribution in [-0.2, 0) is 38.5 Å². The van der Waals surface area contributed by atoms with Gasteiger partial charge in [-0.15, -0.1) is 5.10 Å². The molecule has 0 radical (unpaired) electrons. The Morgan fingerprint density at radius 3 is 2.46 bits per heavy atom. The van der Waals surface area contributed by atoms with Gasteiger partial charge < -0.3 is 4.74 Å². The zero-order valence-electron chi connectivity index (χ0n) is 21.0. The molecule has 0 atom stereocenters. The number of benzene rings is 1. The molecule has 0 spiro atoms. The van der Waals surface area contributed by atoms with Gasteiger partial charge in [0, 0.05) is 30.2 Å². The number of fused-ring (bicyclic) bond motifs is 1. The Morgan fingerprint density at radius 1 is 1.02 bits per heavy atom. The Balaban J connectivity index is 1.33. The third kappa shape index (κ3) is 6.40. The summed E-state index contributed by atoms with van der Waals surface area (Å²) in [7, 11) is 0. The second kappa shape index (κ2) is 10.9. The van der Waals surface area contributed by atoms with Gasteiger partial charge in [0.25, 0.3) is 0 Å². The summed E-state index contributed by atoms with van der Waals surface area (Å²) in [6.07, 6.45) is -9.17. The molecule has 5 rings (SSSR count). The molecule has 1 aliphatic heterocycles. The van der Waals surface area contributed by atoms with Crippen LogP contribution < -0.4 is 4.74 Å². The molecule has 0 saturated carbocycles. The van der Waals surface area contributed by atoms with E-state index in [0.717, 1.165) is 12.1 Å². The first-order valence-electron chi connectivity index (χ1n) is 12.0. The van der Waals surface area contributed by atoms with Crippen LogP contribution in [0, 0.1) is 12.7 Å². The van der Waals surface area contributed by atoms with Gasteiger partial charge in [-0.3, -0.25) is 10.00 Å². The molecule has 0 saturated heterocycles. The van der Waals surface area contributed by atoms with Crippen molar-refractivity contribution < 1.29 is 35.5 Å². The van der Waals surface area contributed by atoms with Crippen LogP contribution in [0.5, 0.6) is 5.88 Å². The third-order valence-corrected chi connectivity index (χ3v) is 6.59. The zero-order chi connectivity index (χ0) is 29.5. The Labute approximate surface area is 232 Å². The predicted molar refractivity (Wildman–Crippen MR) is 130 cm³/mol. The van der Waals surface area contributed by atoms with Crippen molar-refractivity contribution in [1.29, 1.82) is 0 Å². The number of hydrogen-bond donors (Lipinski definition) is 1. The number of ether oxygens (including phenoxy) is 1. The van der Waals surface area contributed by atoms with E-state index >= 15 is 0 Å². The number of aromatic nitrogens is 6. The number of halogens is 8. The van der Waals surface area contributed by atoms with Gasteiger partial charge in [-0.1, -0.05) is 17.7 Å². The molecule has 1 aliphatic rings. The molecule has 3 aromatic heterocycles. The maximum Gasteiger partial charge on any atom is 0.451 e. The molecular weight excluding hydrogens is 583 g/mol. The summed E-state index contributed by atoms with van der Waals surface area (Å²) in [6, 6.07) is 6.25. The van der Waals surface area contributed by atoms with Crippen molar-refractivity contribution in [3.05, 3.63) is 80.6 Å². The van der Waals surface area contributed by atoms with Gasteiger partial charge in [0.15, 0.2) is 0 Å². The van der Waals surface area contributed by atoms with Crippen LogP contribution in [0.3, 0.4) is 0 Å². The number of alkyl halides is 6. The molecule has 4 heterocycles. The summed E-state index contributed by atoms with van der Waals surface area (Å²) >= 11 is 5.73. The summed E-state index contributed by atoms with van der Waals surface area (Å²) in [5, 5.41) is 13.6. The van der Waals surface area contributed by atoms with E-state index in [1.165, 1.54) is 18.2 Å². The molecule has 41 heavy (non-hydrogen) atoms. The summed E-state index contributed by atoms with van der Waals surface area (Å²) in [6.45, 7) is 2.00. The van der Waals surface area contributed by atoms with E-state index in [4.69, 9.17) is 16.3 Å². The average molecular weight is 602 g/mol. The summed E-state index contributed by atoms with van der Waals surface area (Å²) < 4.78 is 99.3. The molecule has 0 bridgehead atoms. The van der Waals surface area contributed by atoms with E-state index in [-0.39, 0.29) is 41.6 Å². The lowest BCUT2D eigenvalue weighted by Crippen LogP contribution is -2.32. The summed E-state index contributed by atoms with van der Waals surface area (Å²) in [4.78, 5) is 9.44. The van der Waals surface area contributed by atoms with Crippen LogP contribution in [0.25, 0.3) is 11.5 Å². The number of aromatic amines is 1. The highest BCUT2D eigenvalue weighted by atomic mass is 35.5. The van der Waals surface area contributed by atoms with Crippen molar-refractivity contribution in [2.45, 2.75) is 45.4 Å². The van der Waals surface area contributed by atoms with E-state index in [2.05, 4.69) is 25.3 Å². The van der Waals surface area contributed by atoms with Crippen LogP contribution in [0.1, 0.15) is 39.5 Å². The predicted octanol–water partition coefficient (Wildman–Crippen LogP) is 5.93. The third-order valence-electron chi connectivity index (χ3n) is 6.36. The quantitative estimate of drug-likeness (QED) is 0.274. The molecule has 0 fully saturated rings. The minimum absolute atomic E-state index is 0.0147. The van der Waals surface area contributed by atoms with Crippen molar-refractivity contribution in [2.75, 3.05) is 6.54 Å². The van der Waals surface area contributed by atoms with Crippen LogP contribution in [0.15, 0.2) is 30.3 Å². The smallest absolute Gasteiger partial charge is 0.451 e. The minimum Gasteiger partial charge on any atom is -0.472 e. The Kier molecular flexibility index (Phi) is 7.59. The molecule has 0 unspecified atom stereocenters. The largest absolute Gasteiger partial charge is 0.472 e. The summed E-state index contributed by atoms with van der Waals surface area (Å²) in [5.74, 6) is -2.91.